The molecule has 3 nitrogen and oxygen atoms in total. The highest BCUT2D eigenvalue weighted by Gasteiger charge is 2.40. The fraction of sp³-hybridized carbons (Fsp3) is 0.714. The van der Waals surface area contributed by atoms with Crippen molar-refractivity contribution in [3.8, 4) is 0 Å². The van der Waals surface area contributed by atoms with Crippen LogP contribution in [0.15, 0.2) is 24.3 Å². The number of aryl methyl sites for hydroxylation is 1. The zero-order valence-electron chi connectivity index (χ0n) is 15.7. The van der Waals surface area contributed by atoms with Crippen molar-refractivity contribution in [2.45, 2.75) is 57.7 Å². The van der Waals surface area contributed by atoms with Crippen molar-refractivity contribution < 1.29 is 9.47 Å². The molecule has 25 heavy (non-hydrogen) atoms. The fourth-order valence-electron chi connectivity index (χ4n) is 4.16. The molecule has 1 saturated carbocycles. The highest BCUT2D eigenvalue weighted by molar-refractivity contribution is 7.27. The van der Waals surface area contributed by atoms with Crippen LogP contribution in [0.5, 0.6) is 0 Å². The van der Waals surface area contributed by atoms with Gasteiger partial charge in [0.1, 0.15) is 0 Å². The second kappa shape index (κ2) is 9.46. The Morgan fingerprint density at radius 1 is 1.00 bits per heavy atom. The van der Waals surface area contributed by atoms with Crippen molar-refractivity contribution in [3.63, 3.8) is 0 Å². The molecule has 0 radical (unpaired) electrons. The molecule has 1 unspecified atom stereocenters. The fourth-order valence-corrected chi connectivity index (χ4v) is 4.35. The van der Waals surface area contributed by atoms with Crippen LogP contribution in [0.2, 0.25) is 0 Å². The largest absolute Gasteiger partial charge is 0.348 e. The Morgan fingerprint density at radius 2 is 1.60 bits per heavy atom. The third-order valence-electron chi connectivity index (χ3n) is 5.72. The van der Waals surface area contributed by atoms with Crippen LogP contribution in [0.1, 0.15) is 50.5 Å². The molecule has 0 aromatic heterocycles. The smallest absolute Gasteiger partial charge is 0.168 e. The minimum atomic E-state index is -0.168. The molecule has 0 bridgehead atoms. The Hall–Kier alpha value is -0.470. The number of hydrogen-bond acceptors (Lipinski definition) is 3. The van der Waals surface area contributed by atoms with Crippen LogP contribution >= 0.6 is 9.24 Å². The third kappa shape index (κ3) is 6.03. The van der Waals surface area contributed by atoms with Gasteiger partial charge < -0.3 is 14.4 Å². The Labute approximate surface area is 155 Å². The maximum Gasteiger partial charge on any atom is 0.168 e. The lowest BCUT2D eigenvalue weighted by atomic mass is 9.84. The number of nitrogens with zero attached hydrogens (tertiary/aromatic N) is 1. The summed E-state index contributed by atoms with van der Waals surface area (Å²) in [5.74, 6) is 0.713. The molecule has 4 heteroatoms. The van der Waals surface area contributed by atoms with E-state index in [1.807, 2.05) is 0 Å². The first-order chi connectivity index (χ1) is 12.2. The van der Waals surface area contributed by atoms with Crippen molar-refractivity contribution in [2.24, 2.45) is 5.92 Å². The van der Waals surface area contributed by atoms with Gasteiger partial charge in [-0.25, -0.2) is 0 Å². The summed E-state index contributed by atoms with van der Waals surface area (Å²) in [6, 6.07) is 8.37. The summed E-state index contributed by atoms with van der Waals surface area (Å²) < 4.78 is 11.6. The van der Waals surface area contributed by atoms with Gasteiger partial charge in [-0.05, 0) is 56.9 Å². The van der Waals surface area contributed by atoms with E-state index in [1.165, 1.54) is 62.6 Å². The molecule has 3 fully saturated rings. The molecule has 2 saturated heterocycles. The molecule has 1 spiro atoms. The highest BCUT2D eigenvalue weighted by Crippen LogP contribution is 2.38. The van der Waals surface area contributed by atoms with Crippen LogP contribution in [-0.2, 0) is 9.47 Å². The lowest BCUT2D eigenvalue weighted by molar-refractivity contribution is -0.183. The molecule has 0 amide bonds. The van der Waals surface area contributed by atoms with Crippen LogP contribution in [0.25, 0.3) is 0 Å². The minimum Gasteiger partial charge on any atom is -0.348 e. The van der Waals surface area contributed by atoms with Gasteiger partial charge in [0.2, 0.25) is 0 Å². The average molecular weight is 363 g/mol. The molecular formula is C21H34NO2P. The number of hydrogen-bond donors (Lipinski definition) is 0. The monoisotopic (exact) mass is 363 g/mol. The van der Waals surface area contributed by atoms with Crippen LogP contribution in [0.4, 0.5) is 0 Å². The molecule has 2 heterocycles. The van der Waals surface area contributed by atoms with Gasteiger partial charge in [0, 0.05) is 19.4 Å². The van der Waals surface area contributed by atoms with Gasteiger partial charge in [0.25, 0.3) is 0 Å². The molecular weight excluding hydrogens is 329 g/mol. The van der Waals surface area contributed by atoms with Crippen molar-refractivity contribution in [1.82, 2.24) is 4.90 Å². The zero-order chi connectivity index (χ0) is 17.5. The SMILES string of the molecule is C1CCN(CC2CCC3(CC2)OCCO3)CC1.Cc1ccc(P)cc1. The van der Waals surface area contributed by atoms with E-state index >= 15 is 0 Å². The van der Waals surface area contributed by atoms with Crippen LogP contribution < -0.4 is 5.30 Å². The lowest BCUT2D eigenvalue weighted by Gasteiger charge is -2.38. The Bertz CT molecular complexity index is 476. The highest BCUT2D eigenvalue weighted by atomic mass is 31.0. The molecule has 1 aromatic rings. The number of likely N-dealkylation sites (tertiary alicyclic amines) is 1. The molecule has 0 N–H and O–H groups in total. The van der Waals surface area contributed by atoms with E-state index in [0.29, 0.717) is 0 Å². The molecule has 3 aliphatic rings. The van der Waals surface area contributed by atoms with E-state index in [9.17, 15) is 0 Å². The van der Waals surface area contributed by atoms with E-state index in [-0.39, 0.29) is 5.79 Å². The molecule has 1 aliphatic carbocycles. The summed E-state index contributed by atoms with van der Waals surface area (Å²) in [7, 11) is 2.65. The molecule has 1 atom stereocenters. The van der Waals surface area contributed by atoms with Gasteiger partial charge >= 0.3 is 0 Å². The maximum absolute atomic E-state index is 5.78. The number of rotatable bonds is 2. The number of ether oxygens (including phenoxy) is 2. The van der Waals surface area contributed by atoms with Crippen molar-refractivity contribution in [3.05, 3.63) is 29.8 Å². The predicted octanol–water partition coefficient (Wildman–Crippen LogP) is 3.90. The Kier molecular flexibility index (Phi) is 7.30. The summed E-state index contributed by atoms with van der Waals surface area (Å²) in [6.07, 6.45) is 9.06. The summed E-state index contributed by atoms with van der Waals surface area (Å²) in [5.41, 5.74) is 1.32. The van der Waals surface area contributed by atoms with Gasteiger partial charge in [-0.15, -0.1) is 9.24 Å². The molecule has 1 aromatic carbocycles. The van der Waals surface area contributed by atoms with E-state index in [0.717, 1.165) is 32.0 Å². The van der Waals surface area contributed by atoms with Gasteiger partial charge in [-0.1, -0.05) is 36.2 Å². The van der Waals surface area contributed by atoms with Crippen LogP contribution in [0, 0.1) is 12.8 Å². The average Bonchev–Trinajstić information content (AvgIpc) is 3.10. The number of piperidine rings is 1. The van der Waals surface area contributed by atoms with Crippen molar-refractivity contribution in [1.29, 1.82) is 0 Å². The normalized spacial score (nSPS) is 24.1. The zero-order valence-corrected chi connectivity index (χ0v) is 16.9. The topological polar surface area (TPSA) is 21.7 Å². The van der Waals surface area contributed by atoms with E-state index < -0.39 is 0 Å². The second-order valence-corrected chi connectivity index (χ2v) is 8.49. The number of benzene rings is 1. The van der Waals surface area contributed by atoms with Crippen LogP contribution in [-0.4, -0.2) is 43.5 Å². The first-order valence-electron chi connectivity index (χ1n) is 9.98. The summed E-state index contributed by atoms with van der Waals surface area (Å²) in [5, 5.41) is 1.25. The molecule has 4 rings (SSSR count). The summed E-state index contributed by atoms with van der Waals surface area (Å²) in [4.78, 5) is 2.67. The van der Waals surface area contributed by atoms with E-state index in [2.05, 4.69) is 45.3 Å². The molecule has 2 aliphatic heterocycles. The lowest BCUT2D eigenvalue weighted by Crippen LogP contribution is -2.40. The van der Waals surface area contributed by atoms with Gasteiger partial charge in [0.05, 0.1) is 13.2 Å². The first kappa shape index (κ1) is 19.3. The van der Waals surface area contributed by atoms with Gasteiger partial charge in [-0.3, -0.25) is 0 Å². The Morgan fingerprint density at radius 3 is 2.16 bits per heavy atom. The quantitative estimate of drug-likeness (QED) is 0.744. The second-order valence-electron chi connectivity index (χ2n) is 7.82. The minimum absolute atomic E-state index is 0.168. The summed E-state index contributed by atoms with van der Waals surface area (Å²) in [6.45, 7) is 7.66. The molecule has 140 valence electrons. The Balaban J connectivity index is 0.000000192. The van der Waals surface area contributed by atoms with Crippen molar-refractivity contribution >= 4 is 14.5 Å². The van der Waals surface area contributed by atoms with Crippen molar-refractivity contribution in [2.75, 3.05) is 32.8 Å². The first-order valence-corrected chi connectivity index (χ1v) is 10.6. The van der Waals surface area contributed by atoms with E-state index in [4.69, 9.17) is 9.47 Å². The third-order valence-corrected chi connectivity index (χ3v) is 6.11. The maximum atomic E-state index is 5.78. The van der Waals surface area contributed by atoms with Gasteiger partial charge in [0.15, 0.2) is 5.79 Å². The standard InChI is InChI=1S/C14H25NO2.C7H9P/c1-2-8-15(9-3-1)12-13-4-6-14(7-5-13)16-10-11-17-14;1-6-2-4-7(8)5-3-6/h13H,1-12H2;2-5H,8H2,1H3. The van der Waals surface area contributed by atoms with Crippen LogP contribution in [0.3, 0.4) is 0 Å². The van der Waals surface area contributed by atoms with E-state index in [1.54, 1.807) is 0 Å². The van der Waals surface area contributed by atoms with Gasteiger partial charge in [-0.2, -0.15) is 0 Å². The summed E-state index contributed by atoms with van der Waals surface area (Å²) >= 11 is 0. The predicted molar refractivity (Wildman–Crippen MR) is 107 cm³/mol.